The number of nitrogens with two attached hydrogens (primary N) is 1. The van der Waals surface area contributed by atoms with E-state index >= 15 is 0 Å². The van der Waals surface area contributed by atoms with Crippen LogP contribution in [0, 0.1) is 13.8 Å². The summed E-state index contributed by atoms with van der Waals surface area (Å²) in [4.78, 5) is 4.45. The molecule has 0 radical (unpaired) electrons. The van der Waals surface area contributed by atoms with Crippen molar-refractivity contribution in [2.24, 2.45) is 5.73 Å². The molecule has 17 heavy (non-hydrogen) atoms. The third-order valence-electron chi connectivity index (χ3n) is 3.00. The Morgan fingerprint density at radius 3 is 2.76 bits per heavy atom. The zero-order valence-electron chi connectivity index (χ0n) is 10.6. The molecule has 0 saturated carbocycles. The van der Waals surface area contributed by atoms with Gasteiger partial charge in [-0.25, -0.2) is 4.98 Å². The monoisotopic (exact) mass is 233 g/mol. The summed E-state index contributed by atoms with van der Waals surface area (Å²) in [5.74, 6) is 2.13. The third-order valence-corrected chi connectivity index (χ3v) is 3.00. The van der Waals surface area contributed by atoms with Crippen LogP contribution in [-0.4, -0.2) is 26.1 Å². The van der Waals surface area contributed by atoms with Crippen LogP contribution >= 0.6 is 0 Å². The van der Waals surface area contributed by atoms with Crippen LogP contribution in [0.2, 0.25) is 0 Å². The Kier molecular flexibility index (Phi) is 3.38. The van der Waals surface area contributed by atoms with E-state index in [2.05, 4.69) is 22.1 Å². The van der Waals surface area contributed by atoms with Gasteiger partial charge < -0.3 is 5.73 Å². The van der Waals surface area contributed by atoms with Crippen molar-refractivity contribution >= 4 is 5.65 Å². The van der Waals surface area contributed by atoms with Gasteiger partial charge in [0.25, 0.3) is 0 Å². The Bertz CT molecular complexity index is 517. The second kappa shape index (κ2) is 4.79. The molecule has 2 aromatic rings. The van der Waals surface area contributed by atoms with Gasteiger partial charge >= 0.3 is 0 Å². The van der Waals surface area contributed by atoms with E-state index in [-0.39, 0.29) is 5.92 Å². The fourth-order valence-corrected chi connectivity index (χ4v) is 2.22. The molecular weight excluding hydrogens is 214 g/mol. The minimum absolute atomic E-state index is 0.262. The summed E-state index contributed by atoms with van der Waals surface area (Å²) in [6.45, 7) is 6.70. The molecule has 1 atom stereocenters. The van der Waals surface area contributed by atoms with Crippen molar-refractivity contribution < 1.29 is 0 Å². The standard InChI is InChI=1S/C12H19N5/c1-4-5-10(7-13)12-16-15-11-6-8(2)14-9(3)17(11)12/h6,10H,4-5,7,13H2,1-3H3. The lowest BCUT2D eigenvalue weighted by atomic mass is 10.0. The largest absolute Gasteiger partial charge is 0.330 e. The molecule has 2 aromatic heterocycles. The van der Waals surface area contributed by atoms with E-state index in [9.17, 15) is 0 Å². The lowest BCUT2D eigenvalue weighted by Gasteiger charge is -2.12. The van der Waals surface area contributed by atoms with Gasteiger partial charge in [-0.15, -0.1) is 10.2 Å². The topological polar surface area (TPSA) is 69.1 Å². The molecule has 0 spiro atoms. The fraction of sp³-hybridized carbons (Fsp3) is 0.583. The van der Waals surface area contributed by atoms with E-state index in [4.69, 9.17) is 5.73 Å². The molecule has 0 fully saturated rings. The molecule has 0 aliphatic carbocycles. The van der Waals surface area contributed by atoms with Crippen LogP contribution in [0.5, 0.6) is 0 Å². The van der Waals surface area contributed by atoms with E-state index in [1.165, 1.54) is 0 Å². The Labute approximate surface area is 101 Å². The van der Waals surface area contributed by atoms with Crippen LogP contribution in [0.1, 0.15) is 43.0 Å². The molecule has 2 rings (SSSR count). The van der Waals surface area contributed by atoms with Crippen LogP contribution in [0.15, 0.2) is 6.07 Å². The van der Waals surface area contributed by atoms with Crippen LogP contribution in [-0.2, 0) is 0 Å². The molecule has 5 heteroatoms. The van der Waals surface area contributed by atoms with Crippen molar-refractivity contribution in [1.82, 2.24) is 19.6 Å². The Morgan fingerprint density at radius 2 is 2.12 bits per heavy atom. The van der Waals surface area contributed by atoms with Gasteiger partial charge in [0.05, 0.1) is 0 Å². The first kappa shape index (κ1) is 12.0. The van der Waals surface area contributed by atoms with Gasteiger partial charge in [0.2, 0.25) is 0 Å². The second-order valence-corrected chi connectivity index (χ2v) is 4.42. The predicted molar refractivity (Wildman–Crippen MR) is 67.0 cm³/mol. The van der Waals surface area contributed by atoms with Crippen LogP contribution in [0.3, 0.4) is 0 Å². The van der Waals surface area contributed by atoms with Gasteiger partial charge in [-0.1, -0.05) is 13.3 Å². The summed E-state index contributed by atoms with van der Waals surface area (Å²) in [7, 11) is 0. The first-order chi connectivity index (χ1) is 8.17. The molecule has 0 saturated heterocycles. The number of rotatable bonds is 4. The molecule has 0 aliphatic rings. The Morgan fingerprint density at radius 1 is 1.35 bits per heavy atom. The molecule has 0 amide bonds. The number of nitrogens with zero attached hydrogens (tertiary/aromatic N) is 4. The van der Waals surface area contributed by atoms with Crippen molar-refractivity contribution in [3.05, 3.63) is 23.4 Å². The summed E-state index contributed by atoms with van der Waals surface area (Å²) in [6, 6.07) is 1.95. The minimum Gasteiger partial charge on any atom is -0.330 e. The molecule has 5 nitrogen and oxygen atoms in total. The van der Waals surface area contributed by atoms with Crippen molar-refractivity contribution in [2.75, 3.05) is 6.54 Å². The predicted octanol–water partition coefficient (Wildman–Crippen LogP) is 1.58. The highest BCUT2D eigenvalue weighted by molar-refractivity contribution is 5.40. The summed E-state index contributed by atoms with van der Waals surface area (Å²) in [5, 5.41) is 8.49. The molecule has 1 unspecified atom stereocenters. The zero-order chi connectivity index (χ0) is 12.4. The highest BCUT2D eigenvalue weighted by Gasteiger charge is 2.17. The van der Waals surface area contributed by atoms with Gasteiger partial charge in [0, 0.05) is 24.2 Å². The lowest BCUT2D eigenvalue weighted by molar-refractivity contribution is 0.579. The fourth-order valence-electron chi connectivity index (χ4n) is 2.22. The second-order valence-electron chi connectivity index (χ2n) is 4.42. The maximum absolute atomic E-state index is 5.82. The van der Waals surface area contributed by atoms with Gasteiger partial charge in [0.15, 0.2) is 5.65 Å². The molecule has 0 aromatic carbocycles. The average molecular weight is 233 g/mol. The summed E-state index contributed by atoms with van der Waals surface area (Å²) in [5.41, 5.74) is 7.65. The smallest absolute Gasteiger partial charge is 0.164 e. The van der Waals surface area contributed by atoms with Gasteiger partial charge in [-0.3, -0.25) is 4.40 Å². The number of aryl methyl sites for hydroxylation is 2. The summed E-state index contributed by atoms with van der Waals surface area (Å²) < 4.78 is 2.01. The number of hydrogen-bond acceptors (Lipinski definition) is 4. The number of fused-ring (bicyclic) bond motifs is 1. The Hall–Kier alpha value is -1.49. The van der Waals surface area contributed by atoms with E-state index < -0.39 is 0 Å². The van der Waals surface area contributed by atoms with Crippen LogP contribution in [0.25, 0.3) is 5.65 Å². The maximum atomic E-state index is 5.82. The molecule has 0 bridgehead atoms. The van der Waals surface area contributed by atoms with Crippen molar-refractivity contribution in [3.8, 4) is 0 Å². The van der Waals surface area contributed by atoms with E-state index in [0.717, 1.165) is 35.8 Å². The molecule has 0 aliphatic heterocycles. The van der Waals surface area contributed by atoms with Gasteiger partial charge in [0.1, 0.15) is 11.6 Å². The van der Waals surface area contributed by atoms with E-state index in [1.54, 1.807) is 0 Å². The first-order valence-electron chi connectivity index (χ1n) is 6.06. The van der Waals surface area contributed by atoms with Gasteiger partial charge in [-0.05, 0) is 20.3 Å². The van der Waals surface area contributed by atoms with Crippen molar-refractivity contribution in [2.45, 2.75) is 39.5 Å². The van der Waals surface area contributed by atoms with Crippen LogP contribution < -0.4 is 5.73 Å². The zero-order valence-corrected chi connectivity index (χ0v) is 10.6. The van der Waals surface area contributed by atoms with Gasteiger partial charge in [-0.2, -0.15) is 0 Å². The SMILES string of the molecule is CCCC(CN)c1nnc2cc(C)nc(C)n12. The average Bonchev–Trinajstić information content (AvgIpc) is 2.69. The minimum atomic E-state index is 0.262. The van der Waals surface area contributed by atoms with Crippen LogP contribution in [0.4, 0.5) is 0 Å². The third kappa shape index (κ3) is 2.15. The molecule has 92 valence electrons. The number of aromatic nitrogens is 4. The summed E-state index contributed by atoms with van der Waals surface area (Å²) >= 11 is 0. The molecular formula is C12H19N5. The Balaban J connectivity index is 2.55. The molecule has 2 N–H and O–H groups in total. The lowest BCUT2D eigenvalue weighted by Crippen LogP contribution is -2.16. The van der Waals surface area contributed by atoms with E-state index in [1.807, 2.05) is 24.3 Å². The molecule has 2 heterocycles. The quantitative estimate of drug-likeness (QED) is 0.870. The van der Waals surface area contributed by atoms with Crippen molar-refractivity contribution in [1.29, 1.82) is 0 Å². The maximum Gasteiger partial charge on any atom is 0.164 e. The van der Waals surface area contributed by atoms with Crippen molar-refractivity contribution in [3.63, 3.8) is 0 Å². The highest BCUT2D eigenvalue weighted by Crippen LogP contribution is 2.20. The summed E-state index contributed by atoms with van der Waals surface area (Å²) in [6.07, 6.45) is 2.12. The highest BCUT2D eigenvalue weighted by atomic mass is 15.3. The normalized spacial score (nSPS) is 13.2. The first-order valence-corrected chi connectivity index (χ1v) is 6.06. The number of hydrogen-bond donors (Lipinski definition) is 1. The van der Waals surface area contributed by atoms with E-state index in [0.29, 0.717) is 6.54 Å².